The van der Waals surface area contributed by atoms with Gasteiger partial charge in [0.25, 0.3) is 5.91 Å². The summed E-state index contributed by atoms with van der Waals surface area (Å²) in [6.07, 6.45) is 1.19. The van der Waals surface area contributed by atoms with Gasteiger partial charge in [0.1, 0.15) is 11.3 Å². The second kappa shape index (κ2) is 8.18. The maximum Gasteiger partial charge on any atom is 0.250 e. The largest absolute Gasteiger partial charge is 0.495 e. The van der Waals surface area contributed by atoms with Crippen LogP contribution in [0.3, 0.4) is 0 Å². The molecule has 1 fully saturated rings. The summed E-state index contributed by atoms with van der Waals surface area (Å²) in [5.74, 6) is 0.598. The molecule has 150 valence electrons. The van der Waals surface area contributed by atoms with Gasteiger partial charge in [0.2, 0.25) is 0 Å². The van der Waals surface area contributed by atoms with Crippen LogP contribution < -0.4 is 15.8 Å². The number of hydrogen-bond donors (Lipinski definition) is 2. The molecule has 29 heavy (non-hydrogen) atoms. The minimum atomic E-state index is -0.554. The van der Waals surface area contributed by atoms with Crippen molar-refractivity contribution >= 4 is 34.2 Å². The van der Waals surface area contributed by atoms with E-state index in [4.69, 9.17) is 22.1 Å². The molecular weight excluding hydrogens is 392 g/mol. The van der Waals surface area contributed by atoms with Crippen molar-refractivity contribution in [2.45, 2.75) is 12.5 Å². The number of methoxy groups -OCH3 is 1. The number of nitrogens with two attached hydrogens (primary N) is 1. The van der Waals surface area contributed by atoms with Gasteiger partial charge in [-0.3, -0.25) is 4.79 Å². The molecule has 1 unspecified atom stereocenters. The number of nitrogens with one attached hydrogen (secondary N) is 1. The van der Waals surface area contributed by atoms with Crippen LogP contribution in [-0.2, 0) is 0 Å². The number of ether oxygens (including phenoxy) is 1. The molecule has 3 aromatic rings. The lowest BCUT2D eigenvalue weighted by Gasteiger charge is -2.34. The van der Waals surface area contributed by atoms with Gasteiger partial charge in [-0.1, -0.05) is 23.7 Å². The van der Waals surface area contributed by atoms with Crippen LogP contribution >= 0.6 is 11.6 Å². The fraction of sp³-hybridized carbons (Fsp3) is 0.300. The summed E-state index contributed by atoms with van der Waals surface area (Å²) in [5.41, 5.74) is 7.23. The van der Waals surface area contributed by atoms with Crippen molar-refractivity contribution in [2.24, 2.45) is 5.73 Å². The summed E-state index contributed by atoms with van der Waals surface area (Å²) in [6.45, 7) is 2.89. The van der Waals surface area contributed by atoms with Gasteiger partial charge in [-0.15, -0.1) is 10.2 Å². The molecule has 8 nitrogen and oxygen atoms in total. The van der Waals surface area contributed by atoms with E-state index in [2.05, 4.69) is 25.6 Å². The number of benzene rings is 2. The molecule has 0 aliphatic carbocycles. The predicted octanol–water partition coefficient (Wildman–Crippen LogP) is 2.64. The van der Waals surface area contributed by atoms with Gasteiger partial charge >= 0.3 is 0 Å². The Balaban J connectivity index is 1.73. The summed E-state index contributed by atoms with van der Waals surface area (Å²) >= 11 is 6.20. The van der Waals surface area contributed by atoms with Crippen LogP contribution in [0, 0.1) is 0 Å². The van der Waals surface area contributed by atoms with Crippen molar-refractivity contribution in [1.82, 2.24) is 20.3 Å². The summed E-state index contributed by atoms with van der Waals surface area (Å²) in [7, 11) is 1.59. The number of nitrogens with zero attached hydrogens (tertiary/aromatic N) is 4. The van der Waals surface area contributed by atoms with Crippen molar-refractivity contribution in [3.8, 4) is 5.75 Å². The van der Waals surface area contributed by atoms with Crippen molar-refractivity contribution < 1.29 is 9.53 Å². The third-order valence-electron chi connectivity index (χ3n) is 5.12. The lowest BCUT2D eigenvalue weighted by atomic mass is 10.0. The Morgan fingerprint density at radius 1 is 1.31 bits per heavy atom. The van der Waals surface area contributed by atoms with E-state index in [1.807, 2.05) is 24.3 Å². The van der Waals surface area contributed by atoms with E-state index in [9.17, 15) is 4.79 Å². The smallest absolute Gasteiger partial charge is 0.250 e. The average Bonchev–Trinajstić information content (AvgIpc) is 2.69. The first-order valence-corrected chi connectivity index (χ1v) is 9.69. The first kappa shape index (κ1) is 19.4. The molecule has 1 aliphatic heterocycles. The highest BCUT2D eigenvalue weighted by Gasteiger charge is 2.23. The molecule has 2 heterocycles. The Morgan fingerprint density at radius 3 is 2.83 bits per heavy atom. The van der Waals surface area contributed by atoms with E-state index in [-0.39, 0.29) is 6.04 Å². The third-order valence-corrected chi connectivity index (χ3v) is 5.44. The highest BCUT2D eigenvalue weighted by atomic mass is 35.5. The zero-order chi connectivity index (χ0) is 20.4. The predicted molar refractivity (Wildman–Crippen MR) is 111 cm³/mol. The Bertz CT molecular complexity index is 1060. The molecule has 1 atom stereocenters. The lowest BCUT2D eigenvalue weighted by Crippen LogP contribution is -2.41. The number of primary amides is 1. The number of carbonyl (C=O) groups is 1. The number of fused-ring (bicyclic) bond motifs is 1. The second-order valence-corrected chi connectivity index (χ2v) is 7.36. The second-order valence-electron chi connectivity index (χ2n) is 6.95. The number of hydrogen-bond acceptors (Lipinski definition) is 7. The van der Waals surface area contributed by atoms with Crippen LogP contribution in [0.5, 0.6) is 5.75 Å². The molecule has 1 saturated heterocycles. The van der Waals surface area contributed by atoms with Crippen LogP contribution in [0.1, 0.15) is 28.4 Å². The summed E-state index contributed by atoms with van der Waals surface area (Å²) in [5, 5.41) is 16.7. The number of likely N-dealkylation sites (tertiary alicyclic amines) is 1. The molecule has 1 aromatic heterocycles. The van der Waals surface area contributed by atoms with Gasteiger partial charge in [0.05, 0.1) is 23.7 Å². The molecule has 0 radical (unpaired) electrons. The van der Waals surface area contributed by atoms with Crippen molar-refractivity contribution in [3.05, 3.63) is 52.5 Å². The highest BCUT2D eigenvalue weighted by Crippen LogP contribution is 2.31. The number of halogens is 1. The number of anilines is 1. The zero-order valence-corrected chi connectivity index (χ0v) is 16.7. The zero-order valence-electron chi connectivity index (χ0n) is 15.9. The van der Waals surface area contributed by atoms with Crippen molar-refractivity contribution in [3.63, 3.8) is 0 Å². The Labute approximate surface area is 173 Å². The monoisotopic (exact) mass is 412 g/mol. The number of amides is 1. The Kier molecular flexibility index (Phi) is 5.46. The van der Waals surface area contributed by atoms with E-state index in [0.29, 0.717) is 33.1 Å². The molecule has 9 heteroatoms. The lowest BCUT2D eigenvalue weighted by molar-refractivity contribution is 0.100. The van der Waals surface area contributed by atoms with E-state index in [1.165, 1.54) is 6.42 Å². The van der Waals surface area contributed by atoms with E-state index >= 15 is 0 Å². The van der Waals surface area contributed by atoms with Gasteiger partial charge in [-0.05, 0) is 54.6 Å². The summed E-state index contributed by atoms with van der Waals surface area (Å²) < 4.78 is 5.38. The minimum absolute atomic E-state index is 0.0846. The van der Waals surface area contributed by atoms with Gasteiger partial charge in [-0.25, -0.2) is 0 Å². The first-order valence-electron chi connectivity index (χ1n) is 9.31. The van der Waals surface area contributed by atoms with Gasteiger partial charge < -0.3 is 20.7 Å². The van der Waals surface area contributed by atoms with Crippen molar-refractivity contribution in [1.29, 1.82) is 0 Å². The van der Waals surface area contributed by atoms with Crippen molar-refractivity contribution in [2.75, 3.05) is 32.1 Å². The summed E-state index contributed by atoms with van der Waals surface area (Å²) in [6, 6.07) is 10.9. The van der Waals surface area contributed by atoms with Gasteiger partial charge in [-0.2, -0.15) is 0 Å². The molecule has 2 aromatic carbocycles. The molecular formula is C20H21ClN6O2. The quantitative estimate of drug-likeness (QED) is 0.614. The minimum Gasteiger partial charge on any atom is -0.495 e. The summed E-state index contributed by atoms with van der Waals surface area (Å²) in [4.78, 5) is 14.1. The molecule has 1 aliphatic rings. The topological polar surface area (TPSA) is 106 Å². The maximum atomic E-state index is 11.7. The number of carbonyl (C=O) groups excluding carboxylic acids is 1. The highest BCUT2D eigenvalue weighted by molar-refractivity contribution is 6.32. The molecule has 1 amide bonds. The maximum absolute atomic E-state index is 11.7. The van der Waals surface area contributed by atoms with Gasteiger partial charge in [0, 0.05) is 11.9 Å². The van der Waals surface area contributed by atoms with Crippen LogP contribution in [0.4, 0.5) is 5.82 Å². The standard InChI is InChI=1S/C20H21ClN6O2/c1-29-17-10-12(6-7-15(17)21)16(11-27-8-3-9-27)23-20-14-5-2-4-13(19(22)28)18(14)24-26-25-20/h2,4-7,10,16H,3,8-9,11H2,1H3,(H2,22,28)(H,23,24,25). The Morgan fingerprint density at radius 2 is 2.14 bits per heavy atom. The van der Waals surface area contributed by atoms with Crippen LogP contribution in [0.15, 0.2) is 36.4 Å². The van der Waals surface area contributed by atoms with Crippen LogP contribution in [0.2, 0.25) is 5.02 Å². The molecule has 0 bridgehead atoms. The fourth-order valence-electron chi connectivity index (χ4n) is 3.43. The molecule has 4 rings (SSSR count). The normalized spacial score (nSPS) is 15.0. The van der Waals surface area contributed by atoms with Gasteiger partial charge in [0.15, 0.2) is 5.82 Å². The first-order chi connectivity index (χ1) is 14.1. The molecule has 0 spiro atoms. The number of aromatic nitrogens is 3. The third kappa shape index (κ3) is 3.94. The molecule has 3 N–H and O–H groups in total. The fourth-order valence-corrected chi connectivity index (χ4v) is 3.62. The van der Waals surface area contributed by atoms with E-state index in [0.717, 1.165) is 25.2 Å². The average molecular weight is 413 g/mol. The SMILES string of the molecule is COc1cc(C(CN2CCC2)Nc2nnnc3c(C(N)=O)cccc23)ccc1Cl. The van der Waals surface area contributed by atoms with E-state index in [1.54, 1.807) is 19.2 Å². The van der Waals surface area contributed by atoms with Crippen LogP contribution in [0.25, 0.3) is 10.9 Å². The number of rotatable bonds is 7. The molecule has 0 saturated carbocycles. The Hall–Kier alpha value is -2.97. The van der Waals surface area contributed by atoms with Crippen LogP contribution in [-0.4, -0.2) is 53.0 Å². The van der Waals surface area contributed by atoms with E-state index < -0.39 is 5.91 Å².